The molecule has 0 aliphatic carbocycles. The van der Waals surface area contributed by atoms with Gasteiger partial charge in [0, 0.05) is 31.0 Å². The second-order valence-corrected chi connectivity index (χ2v) is 7.44. The topological polar surface area (TPSA) is 77.2 Å². The Balaban J connectivity index is 1.62. The van der Waals surface area contributed by atoms with Gasteiger partial charge in [0.1, 0.15) is 16.8 Å². The van der Waals surface area contributed by atoms with Gasteiger partial charge in [-0.3, -0.25) is 4.98 Å². The van der Waals surface area contributed by atoms with Gasteiger partial charge >= 0.3 is 0 Å². The number of nitrogens with zero attached hydrogens (tertiary/aromatic N) is 4. The molecule has 1 unspecified atom stereocenters. The maximum atomic E-state index is 6.62. The van der Waals surface area contributed by atoms with Crippen LogP contribution < -0.4 is 10.6 Å². The van der Waals surface area contributed by atoms with Crippen LogP contribution in [0.2, 0.25) is 5.15 Å². The summed E-state index contributed by atoms with van der Waals surface area (Å²) in [6, 6.07) is 13.8. The Morgan fingerprint density at radius 1 is 1.11 bits per heavy atom. The van der Waals surface area contributed by atoms with Gasteiger partial charge in [-0.1, -0.05) is 35.9 Å². The quantitative estimate of drug-likeness (QED) is 0.698. The number of fused-ring (bicyclic) bond motifs is 1. The van der Waals surface area contributed by atoms with E-state index in [0.29, 0.717) is 30.6 Å². The van der Waals surface area contributed by atoms with E-state index in [9.17, 15) is 0 Å². The highest BCUT2D eigenvalue weighted by molar-refractivity contribution is 6.29. The van der Waals surface area contributed by atoms with Crippen molar-refractivity contribution in [3.05, 3.63) is 59.1 Å². The fraction of sp³-hybridized carbons (Fsp3) is 0.350. The van der Waals surface area contributed by atoms with Crippen LogP contribution in [0, 0.1) is 0 Å². The van der Waals surface area contributed by atoms with Crippen molar-refractivity contribution in [2.75, 3.05) is 31.2 Å². The van der Waals surface area contributed by atoms with Crippen molar-refractivity contribution >= 4 is 28.3 Å². The number of halogens is 1. The van der Waals surface area contributed by atoms with E-state index in [2.05, 4.69) is 9.88 Å². The number of benzene rings is 1. The molecule has 3 aromatic rings. The van der Waals surface area contributed by atoms with Crippen LogP contribution in [0.3, 0.4) is 0 Å². The van der Waals surface area contributed by atoms with E-state index in [-0.39, 0.29) is 0 Å². The van der Waals surface area contributed by atoms with Crippen LogP contribution >= 0.6 is 11.6 Å². The van der Waals surface area contributed by atoms with Crippen LogP contribution in [0.4, 0.5) is 5.82 Å². The zero-order chi connectivity index (χ0) is 18.9. The zero-order valence-electron chi connectivity index (χ0n) is 15.2. The first-order valence-corrected chi connectivity index (χ1v) is 9.40. The number of para-hydroxylation sites is 1. The summed E-state index contributed by atoms with van der Waals surface area (Å²) in [5.74, 6) is 1.43. The fourth-order valence-corrected chi connectivity index (χ4v) is 3.48. The lowest BCUT2D eigenvalue weighted by Crippen LogP contribution is -2.38. The van der Waals surface area contributed by atoms with Gasteiger partial charge < -0.3 is 15.4 Å². The van der Waals surface area contributed by atoms with Crippen molar-refractivity contribution in [2.45, 2.75) is 18.9 Å². The number of aromatic nitrogens is 3. The lowest BCUT2D eigenvalue weighted by Gasteiger charge is -2.29. The first-order valence-electron chi connectivity index (χ1n) is 9.03. The van der Waals surface area contributed by atoms with Crippen LogP contribution in [-0.4, -0.2) is 41.3 Å². The normalized spacial score (nSPS) is 17.1. The highest BCUT2D eigenvalue weighted by atomic mass is 35.5. The number of pyridine rings is 1. The molecule has 1 aliphatic rings. The molecule has 140 valence electrons. The minimum absolute atomic E-state index is 0.420. The average Bonchev–Trinajstić information content (AvgIpc) is 2.67. The van der Waals surface area contributed by atoms with Crippen LogP contribution in [0.15, 0.2) is 42.5 Å². The first kappa shape index (κ1) is 18.1. The van der Waals surface area contributed by atoms with E-state index >= 15 is 0 Å². The molecular formula is C20H22ClN5O. The third-order valence-electron chi connectivity index (χ3n) is 4.77. The van der Waals surface area contributed by atoms with E-state index in [1.165, 1.54) is 0 Å². The summed E-state index contributed by atoms with van der Waals surface area (Å²) < 4.78 is 5.41. The summed E-state index contributed by atoms with van der Waals surface area (Å²) in [5.41, 5.74) is 7.64. The Hall–Kier alpha value is -2.28. The second kappa shape index (κ2) is 7.38. The molecule has 2 aromatic heterocycles. The van der Waals surface area contributed by atoms with Gasteiger partial charge in [0.25, 0.3) is 0 Å². The van der Waals surface area contributed by atoms with Gasteiger partial charge in [-0.25, -0.2) is 9.97 Å². The molecule has 2 N–H and O–H groups in total. The van der Waals surface area contributed by atoms with Crippen molar-refractivity contribution in [3.8, 4) is 0 Å². The van der Waals surface area contributed by atoms with E-state index in [1.807, 2.05) is 43.3 Å². The van der Waals surface area contributed by atoms with Crippen LogP contribution in [0.25, 0.3) is 10.9 Å². The molecule has 0 saturated carbocycles. The third kappa shape index (κ3) is 4.03. The highest BCUT2D eigenvalue weighted by Gasteiger charge is 2.26. The molecular weight excluding hydrogens is 362 g/mol. The predicted molar refractivity (Wildman–Crippen MR) is 107 cm³/mol. The number of hydrogen-bond donors (Lipinski definition) is 1. The predicted octanol–water partition coefficient (Wildman–Crippen LogP) is 2.93. The van der Waals surface area contributed by atoms with E-state index in [4.69, 9.17) is 32.0 Å². The van der Waals surface area contributed by atoms with Gasteiger partial charge in [-0.2, -0.15) is 0 Å². The van der Waals surface area contributed by atoms with Crippen molar-refractivity contribution in [1.82, 2.24) is 15.0 Å². The maximum absolute atomic E-state index is 6.62. The van der Waals surface area contributed by atoms with Crippen molar-refractivity contribution in [1.29, 1.82) is 0 Å². The molecule has 3 heterocycles. The Morgan fingerprint density at radius 2 is 1.89 bits per heavy atom. The van der Waals surface area contributed by atoms with Crippen molar-refractivity contribution in [3.63, 3.8) is 0 Å². The molecule has 7 heteroatoms. The molecule has 4 rings (SSSR count). The Labute approximate surface area is 163 Å². The molecule has 0 bridgehead atoms. The van der Waals surface area contributed by atoms with Gasteiger partial charge in [0.2, 0.25) is 0 Å². The second-order valence-electron chi connectivity index (χ2n) is 7.05. The number of anilines is 1. The molecule has 0 radical (unpaired) electrons. The van der Waals surface area contributed by atoms with Gasteiger partial charge in [-0.15, -0.1) is 0 Å². The summed E-state index contributed by atoms with van der Waals surface area (Å²) >= 11 is 6.26. The lowest BCUT2D eigenvalue weighted by atomic mass is 9.93. The van der Waals surface area contributed by atoms with Gasteiger partial charge in [-0.05, 0) is 19.1 Å². The Bertz CT molecular complexity index is 956. The number of nitrogens with two attached hydrogens (primary N) is 1. The van der Waals surface area contributed by atoms with Crippen molar-refractivity contribution < 1.29 is 4.74 Å². The van der Waals surface area contributed by atoms with Crippen LogP contribution in [0.1, 0.15) is 18.4 Å². The lowest BCUT2D eigenvalue weighted by molar-refractivity contribution is 0.122. The highest BCUT2D eigenvalue weighted by Crippen LogP contribution is 2.25. The standard InChI is InChI=1S/C20H22ClN5O/c1-20(22,16-7-6-14-4-2-3-5-15(14)23-16)13-18-24-17(21)12-19(25-18)26-8-10-27-11-9-26/h2-7,12H,8-11,13,22H2,1H3. The molecule has 27 heavy (non-hydrogen) atoms. The van der Waals surface area contributed by atoms with E-state index in [0.717, 1.165) is 35.5 Å². The summed E-state index contributed by atoms with van der Waals surface area (Å²) in [5, 5.41) is 1.51. The van der Waals surface area contributed by atoms with Crippen LogP contribution in [-0.2, 0) is 16.7 Å². The number of morpholine rings is 1. The Kier molecular flexibility index (Phi) is 4.95. The maximum Gasteiger partial charge on any atom is 0.134 e. The zero-order valence-corrected chi connectivity index (χ0v) is 16.0. The third-order valence-corrected chi connectivity index (χ3v) is 4.97. The molecule has 6 nitrogen and oxygen atoms in total. The van der Waals surface area contributed by atoms with Gasteiger partial charge in [0.15, 0.2) is 0 Å². The molecule has 0 spiro atoms. The van der Waals surface area contributed by atoms with Crippen LogP contribution in [0.5, 0.6) is 0 Å². The molecule has 1 fully saturated rings. The summed E-state index contributed by atoms with van der Waals surface area (Å²) in [6.45, 7) is 4.90. The first-order chi connectivity index (χ1) is 13.0. The minimum atomic E-state index is -0.711. The smallest absolute Gasteiger partial charge is 0.134 e. The number of hydrogen-bond acceptors (Lipinski definition) is 6. The minimum Gasteiger partial charge on any atom is -0.378 e. The summed E-state index contributed by atoms with van der Waals surface area (Å²) in [7, 11) is 0. The largest absolute Gasteiger partial charge is 0.378 e. The SMILES string of the molecule is CC(N)(Cc1nc(Cl)cc(N2CCOCC2)n1)c1ccc2ccccc2n1. The average molecular weight is 384 g/mol. The fourth-order valence-electron chi connectivity index (χ4n) is 3.29. The molecule has 1 aliphatic heterocycles. The van der Waals surface area contributed by atoms with E-state index in [1.54, 1.807) is 6.07 Å². The summed E-state index contributed by atoms with van der Waals surface area (Å²) in [4.78, 5) is 16.0. The number of rotatable bonds is 4. The summed E-state index contributed by atoms with van der Waals surface area (Å²) in [6.07, 6.45) is 0.441. The molecule has 1 saturated heterocycles. The number of ether oxygens (including phenoxy) is 1. The van der Waals surface area contributed by atoms with E-state index < -0.39 is 5.54 Å². The molecule has 1 atom stereocenters. The molecule has 0 amide bonds. The van der Waals surface area contributed by atoms with Crippen molar-refractivity contribution in [2.24, 2.45) is 5.73 Å². The monoisotopic (exact) mass is 383 g/mol. The molecule has 1 aromatic carbocycles. The Morgan fingerprint density at radius 3 is 2.70 bits per heavy atom. The van der Waals surface area contributed by atoms with Gasteiger partial charge in [0.05, 0.1) is 30.0 Å².